The predicted octanol–water partition coefficient (Wildman–Crippen LogP) is 4.14. The Labute approximate surface area is 185 Å². The number of carbonyl (C=O) groups excluding carboxylic acids is 1. The third kappa shape index (κ3) is 5.29. The van der Waals surface area contributed by atoms with Gasteiger partial charge in [0.05, 0.1) is 4.92 Å². The summed E-state index contributed by atoms with van der Waals surface area (Å²) in [4.78, 5) is 29.3. The molecule has 3 heterocycles. The first-order valence-electron chi connectivity index (χ1n) is 11.4. The van der Waals surface area contributed by atoms with Crippen LogP contribution in [-0.4, -0.2) is 71.7 Å². The molecule has 0 N–H and O–H groups in total. The fourth-order valence-electron chi connectivity index (χ4n) is 4.77. The fourth-order valence-corrected chi connectivity index (χ4v) is 4.77. The molecule has 31 heavy (non-hydrogen) atoms. The zero-order chi connectivity index (χ0) is 22.8. The van der Waals surface area contributed by atoms with Crippen LogP contribution < -0.4 is 4.90 Å². The van der Waals surface area contributed by atoms with Gasteiger partial charge in [-0.3, -0.25) is 15.0 Å². The van der Waals surface area contributed by atoms with Crippen LogP contribution in [0.2, 0.25) is 0 Å². The van der Waals surface area contributed by atoms with Gasteiger partial charge in [0, 0.05) is 68.5 Å². The van der Waals surface area contributed by atoms with E-state index in [4.69, 9.17) is 4.74 Å². The van der Waals surface area contributed by atoms with Gasteiger partial charge in [0.25, 0.3) is 5.69 Å². The summed E-state index contributed by atoms with van der Waals surface area (Å²) in [5.74, 6) is 0. The number of likely N-dealkylation sites (tertiary alicyclic amines) is 2. The smallest absolute Gasteiger partial charge is 0.410 e. The Kier molecular flexibility index (Phi) is 6.79. The van der Waals surface area contributed by atoms with Crippen LogP contribution in [0.1, 0.15) is 47.5 Å². The molecule has 1 amide bonds. The summed E-state index contributed by atoms with van der Waals surface area (Å²) in [6, 6.07) is 7.43. The molecule has 0 aromatic heterocycles. The van der Waals surface area contributed by atoms with Crippen LogP contribution in [-0.2, 0) is 4.74 Å². The number of nitro benzene ring substituents is 1. The van der Waals surface area contributed by atoms with Crippen LogP contribution in [0.3, 0.4) is 0 Å². The number of nitro groups is 1. The second-order valence-corrected chi connectivity index (χ2v) is 9.73. The largest absolute Gasteiger partial charge is 0.444 e. The van der Waals surface area contributed by atoms with Crippen molar-refractivity contribution in [1.29, 1.82) is 0 Å². The van der Waals surface area contributed by atoms with Crippen molar-refractivity contribution in [2.24, 2.45) is 5.41 Å². The summed E-state index contributed by atoms with van der Waals surface area (Å²) in [6.45, 7) is 15.4. The van der Waals surface area contributed by atoms with Gasteiger partial charge in [-0.15, -0.1) is 0 Å². The number of rotatable bonds is 3. The quantitative estimate of drug-likeness (QED) is 0.528. The molecule has 0 bridgehead atoms. The molecular weight excluding hydrogens is 396 g/mol. The van der Waals surface area contributed by atoms with Gasteiger partial charge in [-0.2, -0.15) is 0 Å². The summed E-state index contributed by atoms with van der Waals surface area (Å²) in [5, 5.41) is 10.8. The van der Waals surface area contributed by atoms with Crippen molar-refractivity contribution in [3.63, 3.8) is 0 Å². The van der Waals surface area contributed by atoms with Gasteiger partial charge in [0.2, 0.25) is 0 Å². The lowest BCUT2D eigenvalue weighted by Crippen LogP contribution is -2.74. The van der Waals surface area contributed by atoms with E-state index in [1.807, 2.05) is 51.7 Å². The van der Waals surface area contributed by atoms with Gasteiger partial charge in [0.15, 0.2) is 0 Å². The molecule has 0 saturated carbocycles. The highest BCUT2D eigenvalue weighted by molar-refractivity contribution is 5.69. The molecule has 3 aliphatic heterocycles. The van der Waals surface area contributed by atoms with Crippen LogP contribution in [0.4, 0.5) is 16.2 Å². The number of non-ortho nitro benzene ring substituents is 1. The van der Waals surface area contributed by atoms with Gasteiger partial charge < -0.3 is 14.5 Å². The average Bonchev–Trinajstić information content (AvgIpc) is 2.66. The first-order chi connectivity index (χ1) is 14.6. The number of hydrogen-bond acceptors (Lipinski definition) is 6. The van der Waals surface area contributed by atoms with E-state index in [0.29, 0.717) is 6.04 Å². The Balaban J connectivity index is 0.00000132. The molecule has 172 valence electrons. The van der Waals surface area contributed by atoms with Crippen molar-refractivity contribution in [3.05, 3.63) is 34.4 Å². The molecule has 3 aliphatic rings. The first-order valence-corrected chi connectivity index (χ1v) is 11.4. The lowest BCUT2D eigenvalue weighted by atomic mass is 9.72. The summed E-state index contributed by atoms with van der Waals surface area (Å²) in [5.41, 5.74) is 1.02. The van der Waals surface area contributed by atoms with Gasteiger partial charge in [-0.1, -0.05) is 13.8 Å². The third-order valence-corrected chi connectivity index (χ3v) is 6.19. The minimum absolute atomic E-state index is 0.135. The van der Waals surface area contributed by atoms with Gasteiger partial charge in [-0.25, -0.2) is 4.79 Å². The maximum atomic E-state index is 12.1. The van der Waals surface area contributed by atoms with Crippen LogP contribution in [0, 0.1) is 15.5 Å². The highest BCUT2D eigenvalue weighted by Crippen LogP contribution is 2.42. The number of ether oxygens (including phenoxy) is 1. The number of benzene rings is 1. The Morgan fingerprint density at radius 2 is 1.61 bits per heavy atom. The number of hydrogen-bond donors (Lipinski definition) is 0. The van der Waals surface area contributed by atoms with Gasteiger partial charge >= 0.3 is 6.09 Å². The maximum Gasteiger partial charge on any atom is 0.410 e. The molecule has 3 fully saturated rings. The Bertz CT molecular complexity index is 768. The maximum absolute atomic E-state index is 12.1. The van der Waals surface area contributed by atoms with Gasteiger partial charge in [0.1, 0.15) is 5.60 Å². The lowest BCUT2D eigenvalue weighted by molar-refractivity contribution is -0.384. The van der Waals surface area contributed by atoms with E-state index in [0.717, 1.165) is 57.8 Å². The van der Waals surface area contributed by atoms with Gasteiger partial charge in [-0.05, 0) is 45.7 Å². The molecule has 0 radical (unpaired) electrons. The van der Waals surface area contributed by atoms with E-state index in [9.17, 15) is 14.9 Å². The van der Waals surface area contributed by atoms with Crippen LogP contribution in [0.15, 0.2) is 24.3 Å². The number of amides is 1. The zero-order valence-electron chi connectivity index (χ0n) is 19.5. The van der Waals surface area contributed by atoms with E-state index in [1.165, 1.54) is 0 Å². The first kappa shape index (κ1) is 23.3. The van der Waals surface area contributed by atoms with Crippen molar-refractivity contribution >= 4 is 17.5 Å². The molecule has 1 aromatic carbocycles. The lowest BCUT2D eigenvalue weighted by Gasteiger charge is -2.62. The van der Waals surface area contributed by atoms with Crippen molar-refractivity contribution in [1.82, 2.24) is 9.80 Å². The SMILES string of the molecule is CC.CC(C)(C)OC(=O)N1CC2(C1)CN(C1CCN(c3ccc([N+](=O)[O-])cc3)CC1)C2. The molecule has 1 aromatic rings. The van der Waals surface area contributed by atoms with Crippen LogP contribution in [0.25, 0.3) is 0 Å². The van der Waals surface area contributed by atoms with Crippen molar-refractivity contribution in [2.75, 3.05) is 44.2 Å². The third-order valence-electron chi connectivity index (χ3n) is 6.19. The molecule has 3 saturated heterocycles. The number of carbonyl (C=O) groups is 1. The Hall–Kier alpha value is -2.35. The van der Waals surface area contributed by atoms with Crippen molar-refractivity contribution in [3.8, 4) is 0 Å². The molecule has 0 unspecified atom stereocenters. The topological polar surface area (TPSA) is 79.2 Å². The molecule has 0 atom stereocenters. The Morgan fingerprint density at radius 3 is 2.10 bits per heavy atom. The summed E-state index contributed by atoms with van der Waals surface area (Å²) in [6.07, 6.45) is 2.00. The summed E-state index contributed by atoms with van der Waals surface area (Å²) >= 11 is 0. The molecule has 0 aliphatic carbocycles. The molecule has 8 heteroatoms. The standard InChI is InChI=1S/C21H30N4O4.C2H6/c1-20(2,3)29-19(26)24-14-21(15-24)12-23(13-21)17-8-10-22(11-9-17)16-4-6-18(7-5-16)25(27)28;1-2/h4-7,17H,8-15H2,1-3H3;1-2H3. The second kappa shape index (κ2) is 9.02. The molecule has 4 rings (SSSR count). The minimum Gasteiger partial charge on any atom is -0.444 e. The predicted molar refractivity (Wildman–Crippen MR) is 121 cm³/mol. The molecule has 8 nitrogen and oxygen atoms in total. The fraction of sp³-hybridized carbons (Fsp3) is 0.696. The summed E-state index contributed by atoms with van der Waals surface area (Å²) < 4.78 is 5.45. The van der Waals surface area contributed by atoms with Crippen molar-refractivity contribution < 1.29 is 14.5 Å². The second-order valence-electron chi connectivity index (χ2n) is 9.73. The highest BCUT2D eigenvalue weighted by Gasteiger charge is 2.55. The normalized spacial score (nSPS) is 20.9. The average molecular weight is 433 g/mol. The highest BCUT2D eigenvalue weighted by atomic mass is 16.6. The number of nitrogens with zero attached hydrogens (tertiary/aromatic N) is 4. The Morgan fingerprint density at radius 1 is 1.06 bits per heavy atom. The van der Waals surface area contributed by atoms with Crippen molar-refractivity contribution in [2.45, 2.75) is 59.1 Å². The zero-order valence-corrected chi connectivity index (χ0v) is 19.5. The van der Waals surface area contributed by atoms with E-state index >= 15 is 0 Å². The molecule has 1 spiro atoms. The summed E-state index contributed by atoms with van der Waals surface area (Å²) in [7, 11) is 0. The van der Waals surface area contributed by atoms with Crippen LogP contribution in [0.5, 0.6) is 0 Å². The van der Waals surface area contributed by atoms with E-state index in [-0.39, 0.29) is 22.1 Å². The van der Waals surface area contributed by atoms with Crippen LogP contribution >= 0.6 is 0 Å². The minimum atomic E-state index is -0.441. The van der Waals surface area contributed by atoms with E-state index < -0.39 is 5.60 Å². The number of piperidine rings is 1. The number of anilines is 1. The van der Waals surface area contributed by atoms with E-state index in [2.05, 4.69) is 9.80 Å². The van der Waals surface area contributed by atoms with E-state index in [1.54, 1.807) is 12.1 Å². The molecular formula is C23H36N4O4. The monoisotopic (exact) mass is 432 g/mol.